The third-order valence-corrected chi connectivity index (χ3v) is 9.26. The lowest BCUT2D eigenvalue weighted by Crippen LogP contribution is -2.74. The number of ether oxygens (including phenoxy) is 1. The van der Waals surface area contributed by atoms with Gasteiger partial charge in [-0.2, -0.15) is 11.8 Å². The standard InChI is InChI=1S/C22H22FN5O6S2/c1-9-16-22(18(29)24-20(31)25-19(22)30)6-10-5-12-15(13(23)14(10)27(16)3-4-33-9)34-26-17(12)28-7-11(8-35-2)36-21(28)32/h5,9,11,16H,3-4,6-8H2,1-2H3,(H2,24,25,29,30,31)/t9-,11?,16?/m0/s1. The molecule has 4 aliphatic rings. The van der Waals surface area contributed by atoms with Crippen LogP contribution in [0.5, 0.6) is 0 Å². The molecule has 1 aromatic heterocycles. The van der Waals surface area contributed by atoms with Crippen molar-refractivity contribution in [3.8, 4) is 0 Å². The fourth-order valence-corrected chi connectivity index (χ4v) is 7.77. The number of nitrogens with one attached hydrogen (secondary N) is 2. The fraction of sp³-hybridized carbons (Fsp3) is 0.500. The number of aromatic nitrogens is 1. The van der Waals surface area contributed by atoms with E-state index in [2.05, 4.69) is 15.8 Å². The molecule has 2 N–H and O–H groups in total. The predicted molar refractivity (Wildman–Crippen MR) is 131 cm³/mol. The van der Waals surface area contributed by atoms with Gasteiger partial charge in [-0.1, -0.05) is 16.9 Å². The van der Waals surface area contributed by atoms with Crippen LogP contribution >= 0.6 is 23.5 Å². The van der Waals surface area contributed by atoms with Crippen LogP contribution in [-0.4, -0.2) is 77.3 Å². The molecule has 36 heavy (non-hydrogen) atoms. The summed E-state index contributed by atoms with van der Waals surface area (Å²) in [7, 11) is 0. The summed E-state index contributed by atoms with van der Waals surface area (Å²) in [4.78, 5) is 54.2. The molecule has 4 aliphatic heterocycles. The Morgan fingerprint density at radius 1 is 1.28 bits per heavy atom. The van der Waals surface area contributed by atoms with Crippen molar-refractivity contribution in [2.45, 2.75) is 30.7 Å². The van der Waals surface area contributed by atoms with Crippen LogP contribution in [0.1, 0.15) is 12.5 Å². The number of rotatable bonds is 3. The summed E-state index contributed by atoms with van der Waals surface area (Å²) >= 11 is 2.83. The maximum Gasteiger partial charge on any atom is 0.328 e. The second-order valence-electron chi connectivity index (χ2n) is 9.25. The first-order valence-electron chi connectivity index (χ1n) is 11.4. The number of urea groups is 1. The van der Waals surface area contributed by atoms with Crippen LogP contribution in [-0.2, 0) is 20.7 Å². The zero-order valence-electron chi connectivity index (χ0n) is 19.3. The van der Waals surface area contributed by atoms with E-state index in [4.69, 9.17) is 9.26 Å². The molecular weight excluding hydrogens is 513 g/mol. The van der Waals surface area contributed by atoms with Gasteiger partial charge in [0.15, 0.2) is 17.1 Å². The van der Waals surface area contributed by atoms with Gasteiger partial charge in [-0.25, -0.2) is 9.18 Å². The molecule has 5 heterocycles. The highest BCUT2D eigenvalue weighted by molar-refractivity contribution is 8.15. The van der Waals surface area contributed by atoms with Gasteiger partial charge in [-0.15, -0.1) is 0 Å². The fourth-order valence-electron chi connectivity index (χ4n) is 5.81. The first-order valence-corrected chi connectivity index (χ1v) is 13.7. The maximum atomic E-state index is 16.1. The number of hydrogen-bond acceptors (Lipinski definition) is 10. The number of fused-ring (bicyclic) bond motifs is 5. The first-order chi connectivity index (χ1) is 17.3. The molecule has 14 heteroatoms. The highest BCUT2D eigenvalue weighted by Gasteiger charge is 2.63. The van der Waals surface area contributed by atoms with E-state index in [1.807, 2.05) is 6.26 Å². The second-order valence-corrected chi connectivity index (χ2v) is 11.4. The first kappa shape index (κ1) is 23.6. The van der Waals surface area contributed by atoms with E-state index in [0.717, 1.165) is 5.75 Å². The molecule has 3 fully saturated rings. The monoisotopic (exact) mass is 535 g/mol. The molecule has 0 saturated carbocycles. The normalized spacial score (nSPS) is 27.4. The summed E-state index contributed by atoms with van der Waals surface area (Å²) < 4.78 is 27.2. The lowest BCUT2D eigenvalue weighted by Gasteiger charge is -2.54. The largest absolute Gasteiger partial charge is 0.374 e. The molecule has 0 radical (unpaired) electrons. The number of anilines is 2. The third kappa shape index (κ3) is 3.20. The van der Waals surface area contributed by atoms with E-state index in [0.29, 0.717) is 12.1 Å². The number of nitrogens with zero attached hydrogens (tertiary/aromatic N) is 3. The Bertz CT molecular complexity index is 1310. The highest BCUT2D eigenvalue weighted by atomic mass is 32.2. The smallest absolute Gasteiger partial charge is 0.328 e. The Morgan fingerprint density at radius 3 is 2.75 bits per heavy atom. The highest BCUT2D eigenvalue weighted by Crippen LogP contribution is 2.49. The minimum Gasteiger partial charge on any atom is -0.374 e. The van der Waals surface area contributed by atoms with Crippen molar-refractivity contribution >= 4 is 69.1 Å². The van der Waals surface area contributed by atoms with Crippen LogP contribution in [0.3, 0.4) is 0 Å². The Balaban J connectivity index is 1.51. The van der Waals surface area contributed by atoms with Gasteiger partial charge in [0, 0.05) is 30.5 Å². The average Bonchev–Trinajstić information content (AvgIpc) is 3.40. The summed E-state index contributed by atoms with van der Waals surface area (Å²) in [6, 6.07) is -0.121. The summed E-state index contributed by atoms with van der Waals surface area (Å²) in [5.41, 5.74) is -1.23. The summed E-state index contributed by atoms with van der Waals surface area (Å²) in [6.45, 7) is 2.60. The molecule has 5 amide bonds. The number of morpholine rings is 1. The molecule has 2 aromatic rings. The Labute approximate surface area is 212 Å². The summed E-state index contributed by atoms with van der Waals surface area (Å²) in [5.74, 6) is -1.22. The van der Waals surface area contributed by atoms with Crippen LogP contribution < -0.4 is 20.4 Å². The Morgan fingerprint density at radius 2 is 2.03 bits per heavy atom. The number of carbonyl (C=O) groups excluding carboxylic acids is 4. The van der Waals surface area contributed by atoms with Crippen LogP contribution in [0.15, 0.2) is 10.6 Å². The lowest BCUT2D eigenvalue weighted by molar-refractivity contribution is -0.151. The minimum atomic E-state index is -1.72. The average molecular weight is 536 g/mol. The van der Waals surface area contributed by atoms with E-state index >= 15 is 4.39 Å². The Hall–Kier alpha value is -2.84. The molecule has 11 nitrogen and oxygen atoms in total. The second kappa shape index (κ2) is 8.35. The minimum absolute atomic E-state index is 0.0627. The SMILES string of the molecule is CSCC1CN(c2noc3c(F)c4c(cc23)CC2(C(=O)NC(=O)NC2=O)C2[C@H](C)OCCN42)C(=O)S1. The molecule has 2 unspecified atom stereocenters. The molecule has 190 valence electrons. The van der Waals surface area contributed by atoms with Crippen molar-refractivity contribution in [2.24, 2.45) is 5.41 Å². The Kier molecular flexibility index (Phi) is 5.46. The summed E-state index contributed by atoms with van der Waals surface area (Å²) in [6.07, 6.45) is 1.18. The van der Waals surface area contributed by atoms with Crippen molar-refractivity contribution in [2.75, 3.05) is 41.5 Å². The number of halogens is 1. The van der Waals surface area contributed by atoms with Gasteiger partial charge >= 0.3 is 6.03 Å². The van der Waals surface area contributed by atoms with Gasteiger partial charge in [0.25, 0.3) is 5.24 Å². The molecule has 0 aliphatic carbocycles. The van der Waals surface area contributed by atoms with Crippen LogP contribution in [0, 0.1) is 11.2 Å². The van der Waals surface area contributed by atoms with E-state index in [-0.39, 0.29) is 52.5 Å². The zero-order valence-corrected chi connectivity index (χ0v) is 21.0. The van der Waals surface area contributed by atoms with Gasteiger partial charge in [-0.3, -0.25) is 29.9 Å². The molecule has 1 aromatic carbocycles. The topological polar surface area (TPSA) is 134 Å². The number of carbonyl (C=O) groups is 4. The number of thioether (sulfide) groups is 2. The maximum absolute atomic E-state index is 16.1. The molecule has 6 rings (SSSR count). The van der Waals surface area contributed by atoms with Crippen molar-refractivity contribution in [3.05, 3.63) is 17.4 Å². The lowest BCUT2D eigenvalue weighted by atomic mass is 9.66. The molecule has 0 bridgehead atoms. The molecule has 3 saturated heterocycles. The van der Waals surface area contributed by atoms with Crippen molar-refractivity contribution in [1.29, 1.82) is 0 Å². The molecule has 3 atom stereocenters. The summed E-state index contributed by atoms with van der Waals surface area (Å²) in [5, 5.41) is 8.60. The number of imide groups is 2. The zero-order chi connectivity index (χ0) is 25.4. The van der Waals surface area contributed by atoms with Gasteiger partial charge in [0.2, 0.25) is 17.4 Å². The van der Waals surface area contributed by atoms with Gasteiger partial charge < -0.3 is 14.2 Å². The molecule has 1 spiro atoms. The van der Waals surface area contributed by atoms with E-state index in [1.165, 1.54) is 16.7 Å². The number of barbiturate groups is 1. The van der Waals surface area contributed by atoms with Crippen molar-refractivity contribution < 1.29 is 32.8 Å². The third-order valence-electron chi connectivity index (χ3n) is 7.24. The van der Waals surface area contributed by atoms with E-state index in [9.17, 15) is 19.2 Å². The van der Waals surface area contributed by atoms with Crippen molar-refractivity contribution in [1.82, 2.24) is 15.8 Å². The predicted octanol–water partition coefficient (Wildman–Crippen LogP) is 1.87. The van der Waals surface area contributed by atoms with Gasteiger partial charge in [0.1, 0.15) is 0 Å². The van der Waals surface area contributed by atoms with Gasteiger partial charge in [-0.05, 0) is 24.8 Å². The number of benzene rings is 1. The van der Waals surface area contributed by atoms with Gasteiger partial charge in [0.05, 0.1) is 29.8 Å². The van der Waals surface area contributed by atoms with Crippen molar-refractivity contribution in [3.63, 3.8) is 0 Å². The van der Waals surface area contributed by atoms with Crippen LogP contribution in [0.4, 0.5) is 25.5 Å². The van der Waals surface area contributed by atoms with E-state index < -0.39 is 41.2 Å². The quantitative estimate of drug-likeness (QED) is 0.561. The van der Waals surface area contributed by atoms with Crippen LogP contribution in [0.2, 0.25) is 0 Å². The van der Waals surface area contributed by atoms with Crippen LogP contribution in [0.25, 0.3) is 11.0 Å². The number of amides is 5. The van der Waals surface area contributed by atoms with E-state index in [1.54, 1.807) is 29.7 Å². The molecular formula is C22H22FN5O6S2. The number of hydrogen-bond donors (Lipinski definition) is 2.